The third-order valence-corrected chi connectivity index (χ3v) is 1.63. The Labute approximate surface area is 83.8 Å². The van der Waals surface area contributed by atoms with E-state index in [0.717, 1.165) is 19.4 Å². The normalized spacial score (nSPS) is 9.40. The van der Waals surface area contributed by atoms with Crippen molar-refractivity contribution in [2.24, 2.45) is 0 Å². The maximum Gasteiger partial charge on any atom is 0.339 e. The molecule has 0 aromatic carbocycles. The van der Waals surface area contributed by atoms with Crippen LogP contribution in [0.1, 0.15) is 20.8 Å². The summed E-state index contributed by atoms with van der Waals surface area (Å²) in [7, 11) is 1.14. The van der Waals surface area contributed by atoms with Crippen molar-refractivity contribution in [1.29, 1.82) is 0 Å². The van der Waals surface area contributed by atoms with Crippen molar-refractivity contribution in [1.82, 2.24) is 4.98 Å². The molecule has 0 spiro atoms. The summed E-state index contributed by atoms with van der Waals surface area (Å²) in [6.45, 7) is 0. The fraction of sp³-hybridized carbons (Fsp3) is 0.125. The maximum atomic E-state index is 11.0. The number of methoxy groups -OCH3 is 1. The Morgan fingerprint density at radius 2 is 2.33 bits per heavy atom. The molecule has 0 fully saturated rings. The molecule has 0 saturated carbocycles. The predicted octanol–water partition coefficient (Wildman–Crippen LogP) is 0.589. The molecule has 78 valence electrons. The molecular weight excluding hydrogens is 204 g/mol. The first kappa shape index (κ1) is 10.8. The predicted molar refractivity (Wildman–Crippen MR) is 47.6 cm³/mol. The fourth-order valence-corrected chi connectivity index (χ4v) is 0.930. The number of ether oxygens (including phenoxy) is 1. The van der Waals surface area contributed by atoms with E-state index in [-0.39, 0.29) is 17.5 Å². The summed E-state index contributed by atoms with van der Waals surface area (Å²) in [5, 5.41) is 10.5. The number of aldehydes is 1. The smallest absolute Gasteiger partial charge is 0.339 e. The van der Waals surface area contributed by atoms with Gasteiger partial charge in [-0.15, -0.1) is 0 Å². The molecule has 7 heteroatoms. The lowest BCUT2D eigenvalue weighted by Gasteiger charge is -1.99. The third-order valence-electron chi connectivity index (χ3n) is 1.63. The maximum absolute atomic E-state index is 11.0. The largest absolute Gasteiger partial charge is 0.465 e. The lowest BCUT2D eigenvalue weighted by Crippen LogP contribution is -2.05. The summed E-state index contributed by atoms with van der Waals surface area (Å²) in [5.74, 6) is -0.747. The lowest BCUT2D eigenvalue weighted by molar-refractivity contribution is -0.385. The zero-order valence-electron chi connectivity index (χ0n) is 7.67. The monoisotopic (exact) mass is 210 g/mol. The number of aromatic nitrogens is 1. The Hall–Kier alpha value is -2.31. The van der Waals surface area contributed by atoms with Gasteiger partial charge in [0.2, 0.25) is 0 Å². The van der Waals surface area contributed by atoms with Crippen LogP contribution in [0.25, 0.3) is 0 Å². The second kappa shape index (κ2) is 4.27. The summed E-state index contributed by atoms with van der Waals surface area (Å²) >= 11 is 0. The number of rotatable bonds is 3. The molecule has 0 unspecified atom stereocenters. The first-order valence-corrected chi connectivity index (χ1v) is 3.78. The molecule has 1 aromatic heterocycles. The molecule has 0 aliphatic heterocycles. The first-order chi connectivity index (χ1) is 7.10. The van der Waals surface area contributed by atoms with E-state index in [1.807, 2.05) is 0 Å². The van der Waals surface area contributed by atoms with Crippen molar-refractivity contribution in [3.05, 3.63) is 33.6 Å². The number of carbonyl (C=O) groups is 2. The summed E-state index contributed by atoms with van der Waals surface area (Å²) in [4.78, 5) is 34.6. The van der Waals surface area contributed by atoms with Crippen molar-refractivity contribution < 1.29 is 19.2 Å². The van der Waals surface area contributed by atoms with Gasteiger partial charge in [0.25, 0.3) is 5.69 Å². The van der Waals surface area contributed by atoms with Crippen LogP contribution in [-0.2, 0) is 4.74 Å². The average Bonchev–Trinajstić information content (AvgIpc) is 2.27. The Balaban J connectivity index is 3.27. The van der Waals surface area contributed by atoms with Crippen molar-refractivity contribution in [3.8, 4) is 0 Å². The molecule has 1 heterocycles. The van der Waals surface area contributed by atoms with E-state index in [2.05, 4.69) is 9.72 Å². The third kappa shape index (κ3) is 2.13. The minimum atomic E-state index is -0.789. The van der Waals surface area contributed by atoms with E-state index in [1.54, 1.807) is 0 Å². The van der Waals surface area contributed by atoms with E-state index < -0.39 is 16.6 Å². The zero-order chi connectivity index (χ0) is 11.4. The molecule has 0 N–H and O–H groups in total. The number of nitro groups is 1. The Bertz CT molecular complexity index is 429. The second-order valence-electron chi connectivity index (χ2n) is 2.49. The van der Waals surface area contributed by atoms with Gasteiger partial charge in [0.05, 0.1) is 17.6 Å². The zero-order valence-corrected chi connectivity index (χ0v) is 7.67. The summed E-state index contributed by atoms with van der Waals surface area (Å²) in [5.41, 5.74) is -0.921. The van der Waals surface area contributed by atoms with Crippen LogP contribution >= 0.6 is 0 Å². The van der Waals surface area contributed by atoms with Crippen LogP contribution in [0.2, 0.25) is 0 Å². The van der Waals surface area contributed by atoms with Gasteiger partial charge in [0, 0.05) is 12.3 Å². The molecule has 0 aliphatic carbocycles. The van der Waals surface area contributed by atoms with Gasteiger partial charge in [-0.25, -0.2) is 9.78 Å². The Morgan fingerprint density at radius 3 is 2.80 bits per heavy atom. The number of pyridine rings is 1. The number of esters is 1. The molecular formula is C8H6N2O5. The number of carbonyl (C=O) groups excluding carboxylic acids is 2. The highest BCUT2D eigenvalue weighted by molar-refractivity contribution is 5.91. The SMILES string of the molecule is COC(=O)c1cnc(C=O)c([N+](=O)[O-])c1. The molecule has 0 amide bonds. The van der Waals surface area contributed by atoms with Gasteiger partial charge < -0.3 is 4.74 Å². The molecule has 7 nitrogen and oxygen atoms in total. The van der Waals surface area contributed by atoms with E-state index in [0.29, 0.717) is 0 Å². The van der Waals surface area contributed by atoms with E-state index >= 15 is 0 Å². The van der Waals surface area contributed by atoms with Gasteiger partial charge in [-0.1, -0.05) is 0 Å². The topological polar surface area (TPSA) is 99.4 Å². The van der Waals surface area contributed by atoms with Crippen LogP contribution in [0.15, 0.2) is 12.3 Å². The van der Waals surface area contributed by atoms with Crippen LogP contribution in [0, 0.1) is 10.1 Å². The number of hydrogen-bond acceptors (Lipinski definition) is 6. The van der Waals surface area contributed by atoms with Gasteiger partial charge >= 0.3 is 5.97 Å². The van der Waals surface area contributed by atoms with Crippen LogP contribution in [0.3, 0.4) is 0 Å². The van der Waals surface area contributed by atoms with Crippen molar-refractivity contribution in [2.75, 3.05) is 7.11 Å². The van der Waals surface area contributed by atoms with E-state index in [4.69, 9.17) is 0 Å². The summed E-state index contributed by atoms with van der Waals surface area (Å²) in [6.07, 6.45) is 1.29. The van der Waals surface area contributed by atoms with Crippen LogP contribution in [0.5, 0.6) is 0 Å². The van der Waals surface area contributed by atoms with Gasteiger partial charge in [-0.3, -0.25) is 14.9 Å². The van der Waals surface area contributed by atoms with Crippen LogP contribution in [-0.4, -0.2) is 29.3 Å². The standard InChI is InChI=1S/C8H6N2O5/c1-15-8(12)5-2-7(10(13)14)6(4-11)9-3-5/h2-4H,1H3. The van der Waals surface area contributed by atoms with Gasteiger partial charge in [0.15, 0.2) is 12.0 Å². The minimum absolute atomic E-state index is 0.0743. The lowest BCUT2D eigenvalue weighted by atomic mass is 10.2. The second-order valence-corrected chi connectivity index (χ2v) is 2.49. The number of hydrogen-bond donors (Lipinski definition) is 0. The van der Waals surface area contributed by atoms with Crippen LogP contribution in [0.4, 0.5) is 5.69 Å². The molecule has 0 bridgehead atoms. The van der Waals surface area contributed by atoms with Crippen molar-refractivity contribution in [3.63, 3.8) is 0 Å². The van der Waals surface area contributed by atoms with Gasteiger partial charge in [-0.05, 0) is 0 Å². The van der Waals surface area contributed by atoms with Crippen molar-refractivity contribution in [2.45, 2.75) is 0 Å². The molecule has 1 rings (SSSR count). The highest BCUT2D eigenvalue weighted by Gasteiger charge is 2.18. The molecule has 0 saturated heterocycles. The highest BCUT2D eigenvalue weighted by atomic mass is 16.6. The molecule has 0 aliphatic rings. The highest BCUT2D eigenvalue weighted by Crippen LogP contribution is 2.16. The molecule has 0 radical (unpaired) electrons. The number of nitrogens with zero attached hydrogens (tertiary/aromatic N) is 2. The van der Waals surface area contributed by atoms with Gasteiger partial charge in [-0.2, -0.15) is 0 Å². The summed E-state index contributed by atoms with van der Waals surface area (Å²) < 4.78 is 4.35. The van der Waals surface area contributed by atoms with Crippen molar-refractivity contribution >= 4 is 17.9 Å². The average molecular weight is 210 g/mol. The molecule has 15 heavy (non-hydrogen) atoms. The summed E-state index contributed by atoms with van der Waals surface area (Å²) in [6, 6.07) is 0.947. The Morgan fingerprint density at radius 1 is 1.67 bits per heavy atom. The van der Waals surface area contributed by atoms with E-state index in [1.165, 1.54) is 0 Å². The minimum Gasteiger partial charge on any atom is -0.465 e. The van der Waals surface area contributed by atoms with E-state index in [9.17, 15) is 19.7 Å². The molecule has 1 aromatic rings. The van der Waals surface area contributed by atoms with Gasteiger partial charge in [0.1, 0.15) is 0 Å². The quantitative estimate of drug-likeness (QED) is 0.313. The first-order valence-electron chi connectivity index (χ1n) is 3.78. The fourth-order valence-electron chi connectivity index (χ4n) is 0.930. The Kier molecular flexibility index (Phi) is 3.06. The van der Waals surface area contributed by atoms with Crippen LogP contribution < -0.4 is 0 Å². The molecule has 0 atom stereocenters.